The molecule has 0 spiro atoms. The predicted molar refractivity (Wildman–Crippen MR) is 58.2 cm³/mol. The highest BCUT2D eigenvalue weighted by Gasteiger charge is 2.23. The van der Waals surface area contributed by atoms with Gasteiger partial charge in [0.1, 0.15) is 13.2 Å². The van der Waals surface area contributed by atoms with Crippen molar-refractivity contribution in [2.75, 3.05) is 19.8 Å². The number of amides is 1. The highest BCUT2D eigenvalue weighted by Crippen LogP contribution is 2.08. The van der Waals surface area contributed by atoms with E-state index in [0.717, 1.165) is 5.57 Å². The second-order valence-corrected chi connectivity index (χ2v) is 3.39. The van der Waals surface area contributed by atoms with Crippen LogP contribution in [0.15, 0.2) is 16.8 Å². The van der Waals surface area contributed by atoms with Gasteiger partial charge in [-0.3, -0.25) is 0 Å². The molecule has 0 aliphatic carbocycles. The average molecular weight is 228 g/mol. The number of aliphatic imine (C=N–C) groups is 1. The Morgan fingerprint density at radius 1 is 1.75 bits per heavy atom. The van der Waals surface area contributed by atoms with E-state index in [1.807, 2.05) is 6.92 Å². The summed E-state index contributed by atoms with van der Waals surface area (Å²) in [4.78, 5) is 14.8. The fourth-order valence-electron chi connectivity index (χ4n) is 1.14. The Labute approximate surface area is 94.0 Å². The van der Waals surface area contributed by atoms with Crippen molar-refractivity contribution >= 4 is 12.0 Å². The van der Waals surface area contributed by atoms with E-state index in [0.29, 0.717) is 12.5 Å². The number of nitrogens with one attached hydrogen (secondary N) is 1. The molecule has 90 valence electrons. The molecule has 1 saturated heterocycles. The van der Waals surface area contributed by atoms with Gasteiger partial charge in [-0.15, -0.1) is 0 Å². The van der Waals surface area contributed by atoms with Crippen molar-refractivity contribution in [3.63, 3.8) is 0 Å². The van der Waals surface area contributed by atoms with Gasteiger partial charge in [-0.1, -0.05) is 0 Å². The third-order valence-electron chi connectivity index (χ3n) is 2.08. The van der Waals surface area contributed by atoms with Crippen molar-refractivity contribution in [1.29, 1.82) is 0 Å². The molecule has 0 radical (unpaired) electrons. The van der Waals surface area contributed by atoms with E-state index in [9.17, 15) is 4.79 Å². The van der Waals surface area contributed by atoms with Crippen LogP contribution in [0.3, 0.4) is 0 Å². The summed E-state index contributed by atoms with van der Waals surface area (Å²) in [5.41, 5.74) is 0.887. The summed E-state index contributed by atoms with van der Waals surface area (Å²) >= 11 is 0. The summed E-state index contributed by atoms with van der Waals surface area (Å²) in [5.74, 6) is 0.471. The topological polar surface area (TPSA) is 80.2 Å². The zero-order valence-electron chi connectivity index (χ0n) is 9.40. The Morgan fingerprint density at radius 3 is 3.06 bits per heavy atom. The number of cyclic esters (lactones) is 1. The molecule has 6 heteroatoms. The molecule has 1 amide bonds. The SMILES string of the molecule is C/C(=C\N=C(/C)OCCO)[C@H]1COC(=O)N1. The van der Waals surface area contributed by atoms with E-state index in [1.54, 1.807) is 13.1 Å². The molecular formula is C10H16N2O4. The van der Waals surface area contributed by atoms with E-state index in [4.69, 9.17) is 14.6 Å². The Kier molecular flexibility index (Phi) is 4.78. The fraction of sp³-hybridized carbons (Fsp3) is 0.600. The van der Waals surface area contributed by atoms with Crippen molar-refractivity contribution in [3.05, 3.63) is 11.8 Å². The van der Waals surface area contributed by atoms with Gasteiger partial charge in [-0.2, -0.15) is 0 Å². The van der Waals surface area contributed by atoms with Gasteiger partial charge in [0.25, 0.3) is 0 Å². The summed E-state index contributed by atoms with van der Waals surface area (Å²) in [5, 5.41) is 11.2. The van der Waals surface area contributed by atoms with E-state index in [1.165, 1.54) is 0 Å². The molecule has 0 bridgehead atoms. The minimum atomic E-state index is -0.407. The van der Waals surface area contributed by atoms with Gasteiger partial charge in [-0.05, 0) is 12.5 Å². The monoisotopic (exact) mass is 228 g/mol. The molecule has 0 saturated carbocycles. The molecule has 1 rings (SSSR count). The minimum absolute atomic E-state index is 0.0396. The molecule has 0 aromatic rings. The number of alkyl carbamates (subject to hydrolysis) is 1. The zero-order valence-corrected chi connectivity index (χ0v) is 9.40. The molecular weight excluding hydrogens is 212 g/mol. The van der Waals surface area contributed by atoms with Gasteiger partial charge >= 0.3 is 6.09 Å². The molecule has 6 nitrogen and oxygen atoms in total. The van der Waals surface area contributed by atoms with Crippen molar-refractivity contribution in [3.8, 4) is 0 Å². The maximum Gasteiger partial charge on any atom is 0.407 e. The lowest BCUT2D eigenvalue weighted by molar-refractivity contribution is 0.177. The second kappa shape index (κ2) is 6.12. The largest absolute Gasteiger partial charge is 0.479 e. The summed E-state index contributed by atoms with van der Waals surface area (Å²) in [6.45, 7) is 4.06. The molecule has 1 atom stereocenters. The first-order chi connectivity index (χ1) is 7.63. The van der Waals surface area contributed by atoms with Crippen molar-refractivity contribution in [1.82, 2.24) is 5.32 Å². The lowest BCUT2D eigenvalue weighted by Gasteiger charge is -2.06. The number of carbonyl (C=O) groups excluding carboxylic acids is 1. The number of carbonyl (C=O) groups is 1. The number of rotatable bonds is 4. The number of aliphatic hydroxyl groups is 1. The van der Waals surface area contributed by atoms with Gasteiger partial charge in [-0.25, -0.2) is 9.79 Å². The molecule has 1 aliphatic rings. The maximum absolute atomic E-state index is 10.8. The summed E-state index contributed by atoms with van der Waals surface area (Å²) in [6.07, 6.45) is 1.21. The van der Waals surface area contributed by atoms with Gasteiger partial charge in [0, 0.05) is 13.1 Å². The van der Waals surface area contributed by atoms with Crippen LogP contribution < -0.4 is 5.32 Å². The molecule has 0 aromatic carbocycles. The van der Waals surface area contributed by atoms with Crippen LogP contribution in [0.1, 0.15) is 13.8 Å². The zero-order chi connectivity index (χ0) is 12.0. The number of hydrogen-bond acceptors (Lipinski definition) is 5. The van der Waals surface area contributed by atoms with Gasteiger partial charge in [0.05, 0.1) is 12.6 Å². The van der Waals surface area contributed by atoms with Crippen molar-refractivity contribution in [2.24, 2.45) is 4.99 Å². The van der Waals surface area contributed by atoms with Gasteiger partial charge in [0.15, 0.2) is 5.90 Å². The predicted octanol–water partition coefficient (Wildman–Crippen LogP) is 0.426. The lowest BCUT2D eigenvalue weighted by atomic mass is 10.1. The van der Waals surface area contributed by atoms with E-state index >= 15 is 0 Å². The van der Waals surface area contributed by atoms with E-state index in [2.05, 4.69) is 10.3 Å². The molecule has 1 heterocycles. The third kappa shape index (κ3) is 3.90. The van der Waals surface area contributed by atoms with Gasteiger partial charge in [0.2, 0.25) is 0 Å². The summed E-state index contributed by atoms with van der Waals surface area (Å²) in [6, 6.07) is -0.123. The average Bonchev–Trinajstić information content (AvgIpc) is 2.69. The smallest absolute Gasteiger partial charge is 0.407 e. The number of nitrogens with zero attached hydrogens (tertiary/aromatic N) is 1. The van der Waals surface area contributed by atoms with Crippen LogP contribution in [-0.4, -0.2) is 43.0 Å². The normalized spacial score (nSPS) is 21.7. The van der Waals surface area contributed by atoms with Crippen molar-refractivity contribution in [2.45, 2.75) is 19.9 Å². The Bertz CT molecular complexity index is 312. The molecule has 1 aliphatic heterocycles. The molecule has 16 heavy (non-hydrogen) atoms. The number of aliphatic hydroxyl groups excluding tert-OH is 1. The minimum Gasteiger partial charge on any atom is -0.479 e. The third-order valence-corrected chi connectivity index (χ3v) is 2.08. The Balaban J connectivity index is 2.46. The van der Waals surface area contributed by atoms with E-state index in [-0.39, 0.29) is 19.3 Å². The van der Waals surface area contributed by atoms with Gasteiger partial charge < -0.3 is 19.9 Å². The Morgan fingerprint density at radius 2 is 2.50 bits per heavy atom. The first-order valence-electron chi connectivity index (χ1n) is 5.01. The van der Waals surface area contributed by atoms with Crippen LogP contribution in [0.4, 0.5) is 4.79 Å². The van der Waals surface area contributed by atoms with Crippen LogP contribution in [0.5, 0.6) is 0 Å². The van der Waals surface area contributed by atoms with Crippen LogP contribution in [-0.2, 0) is 9.47 Å². The second-order valence-electron chi connectivity index (χ2n) is 3.39. The van der Waals surface area contributed by atoms with E-state index < -0.39 is 6.09 Å². The van der Waals surface area contributed by atoms with Crippen molar-refractivity contribution < 1.29 is 19.4 Å². The van der Waals surface area contributed by atoms with Crippen LogP contribution >= 0.6 is 0 Å². The molecule has 1 fully saturated rings. The van der Waals surface area contributed by atoms with Crippen LogP contribution in [0, 0.1) is 0 Å². The first-order valence-corrected chi connectivity index (χ1v) is 5.01. The molecule has 0 unspecified atom stereocenters. The summed E-state index contributed by atoms with van der Waals surface area (Å²) < 4.78 is 9.82. The summed E-state index contributed by atoms with van der Waals surface area (Å²) in [7, 11) is 0. The highest BCUT2D eigenvalue weighted by atomic mass is 16.6. The van der Waals surface area contributed by atoms with Crippen LogP contribution in [0.2, 0.25) is 0 Å². The maximum atomic E-state index is 10.8. The number of hydrogen-bond donors (Lipinski definition) is 2. The highest BCUT2D eigenvalue weighted by molar-refractivity contribution is 5.74. The molecule has 2 N–H and O–H groups in total. The lowest BCUT2D eigenvalue weighted by Crippen LogP contribution is -2.27. The van der Waals surface area contributed by atoms with Crippen LogP contribution in [0.25, 0.3) is 0 Å². The standard InChI is InChI=1S/C10H16N2O4/c1-7(9-6-16-10(14)12-9)5-11-8(2)15-4-3-13/h5,9,13H,3-4,6H2,1-2H3,(H,12,14)/b7-5+,11-8+/t9-/m1/s1. The quantitative estimate of drug-likeness (QED) is 0.540. The number of ether oxygens (including phenoxy) is 2. The fourth-order valence-corrected chi connectivity index (χ4v) is 1.14. The Hall–Kier alpha value is -1.56. The first kappa shape index (κ1) is 12.5. The molecule has 0 aromatic heterocycles.